The normalized spacial score (nSPS) is 17.7. The van der Waals surface area contributed by atoms with Crippen molar-refractivity contribution in [2.24, 2.45) is 0 Å². The van der Waals surface area contributed by atoms with Crippen LogP contribution in [-0.4, -0.2) is 71.2 Å². The largest absolute Gasteiger partial charge is 0.463 e. The van der Waals surface area contributed by atoms with E-state index in [0.29, 0.717) is 47.9 Å². The summed E-state index contributed by atoms with van der Waals surface area (Å²) in [6.45, 7) is 7.56. The van der Waals surface area contributed by atoms with Gasteiger partial charge in [-0.1, -0.05) is 90.4 Å². The Morgan fingerprint density at radius 2 is 1.60 bits per heavy atom. The third-order valence-corrected chi connectivity index (χ3v) is 8.75. The number of hydrogen-bond acceptors (Lipinski definition) is 9. The van der Waals surface area contributed by atoms with Gasteiger partial charge in [-0.3, -0.25) is 9.59 Å². The maximum atomic E-state index is 11.7. The monoisotopic (exact) mass is 649 g/mol. The van der Waals surface area contributed by atoms with E-state index in [1.165, 1.54) is 83.5 Å². The van der Waals surface area contributed by atoms with Crippen molar-refractivity contribution in [3.63, 3.8) is 0 Å². The van der Waals surface area contributed by atoms with Crippen LogP contribution in [0, 0.1) is 6.92 Å². The number of H-pyrrole nitrogens is 1. The SMILES string of the molecule is CCCCCCCCCCCCCCCCOCCC(=O)OC[C@@H]1C[C@@H](S)C(C)O1.CNC(=O)c1c[nH]c2nc(C)nc(N)c12. The molecule has 1 saturated heterocycles. The topological polar surface area (TPSA) is 141 Å². The Bertz CT molecular complexity index is 1100. The minimum atomic E-state index is -0.208. The van der Waals surface area contributed by atoms with Crippen molar-refractivity contribution >= 4 is 41.4 Å². The Kier molecular flexibility index (Phi) is 19.9. The number of aryl methyl sites for hydroxylation is 1. The third-order valence-electron chi connectivity index (χ3n) is 8.12. The van der Waals surface area contributed by atoms with Crippen LogP contribution in [0.4, 0.5) is 5.82 Å². The number of carbonyl (C=O) groups is 2. The molecule has 3 atom stereocenters. The van der Waals surface area contributed by atoms with Crippen LogP contribution in [-0.2, 0) is 19.0 Å². The van der Waals surface area contributed by atoms with Crippen LogP contribution in [0.5, 0.6) is 0 Å². The number of anilines is 1. The first kappa shape index (κ1) is 38.8. The lowest BCUT2D eigenvalue weighted by molar-refractivity contribution is -0.148. The highest BCUT2D eigenvalue weighted by molar-refractivity contribution is 7.81. The Hall–Kier alpha value is -2.37. The molecule has 0 spiro atoms. The summed E-state index contributed by atoms with van der Waals surface area (Å²) in [6, 6.07) is 0. The summed E-state index contributed by atoms with van der Waals surface area (Å²) in [6.07, 6.45) is 21.9. The fourth-order valence-corrected chi connectivity index (χ4v) is 5.73. The smallest absolute Gasteiger partial charge is 0.308 e. The van der Waals surface area contributed by atoms with Crippen LogP contribution in [0.2, 0.25) is 0 Å². The molecule has 3 heterocycles. The van der Waals surface area contributed by atoms with Gasteiger partial charge in [-0.2, -0.15) is 12.6 Å². The number of carbonyl (C=O) groups excluding carboxylic acids is 2. The van der Waals surface area contributed by atoms with Gasteiger partial charge >= 0.3 is 5.97 Å². The summed E-state index contributed by atoms with van der Waals surface area (Å²) in [5.41, 5.74) is 6.79. The molecule has 10 nitrogen and oxygen atoms in total. The van der Waals surface area contributed by atoms with Crippen LogP contribution in [0.25, 0.3) is 11.0 Å². The highest BCUT2D eigenvalue weighted by Crippen LogP contribution is 2.25. The number of aromatic nitrogens is 3. The Balaban J connectivity index is 0.000000388. The van der Waals surface area contributed by atoms with Crippen LogP contribution in [0.3, 0.4) is 0 Å². The molecule has 45 heavy (non-hydrogen) atoms. The molecule has 256 valence electrons. The first-order chi connectivity index (χ1) is 21.8. The highest BCUT2D eigenvalue weighted by Gasteiger charge is 2.30. The molecule has 0 saturated carbocycles. The Morgan fingerprint density at radius 1 is 1.00 bits per heavy atom. The maximum Gasteiger partial charge on any atom is 0.308 e. The van der Waals surface area contributed by atoms with Crippen LogP contribution in [0.1, 0.15) is 133 Å². The molecule has 0 aromatic carbocycles. The first-order valence-electron chi connectivity index (χ1n) is 17.2. The number of rotatable bonds is 21. The summed E-state index contributed by atoms with van der Waals surface area (Å²) in [5.74, 6) is 0.484. The van der Waals surface area contributed by atoms with Gasteiger partial charge < -0.3 is 30.2 Å². The molecular formula is C34H59N5O5S. The van der Waals surface area contributed by atoms with Gasteiger partial charge in [0, 0.05) is 25.1 Å². The molecular weight excluding hydrogens is 590 g/mol. The van der Waals surface area contributed by atoms with Crippen molar-refractivity contribution in [2.75, 3.05) is 32.6 Å². The van der Waals surface area contributed by atoms with Crippen LogP contribution in [0.15, 0.2) is 6.20 Å². The van der Waals surface area contributed by atoms with E-state index in [1.807, 2.05) is 6.92 Å². The van der Waals surface area contributed by atoms with E-state index in [2.05, 4.69) is 39.8 Å². The van der Waals surface area contributed by atoms with Crippen molar-refractivity contribution in [1.29, 1.82) is 0 Å². The van der Waals surface area contributed by atoms with Crippen molar-refractivity contribution in [3.8, 4) is 0 Å². The fourth-order valence-electron chi connectivity index (χ4n) is 5.42. The van der Waals surface area contributed by atoms with E-state index >= 15 is 0 Å². The molecule has 1 aliphatic rings. The first-order valence-corrected chi connectivity index (χ1v) is 17.7. The lowest BCUT2D eigenvalue weighted by atomic mass is 10.0. The summed E-state index contributed by atoms with van der Waals surface area (Å²) in [4.78, 5) is 34.3. The van der Waals surface area contributed by atoms with E-state index in [-0.39, 0.29) is 29.3 Å². The van der Waals surface area contributed by atoms with E-state index in [4.69, 9.17) is 19.9 Å². The predicted octanol–water partition coefficient (Wildman–Crippen LogP) is 7.10. The fraction of sp³-hybridized carbons (Fsp3) is 0.765. The standard InChI is InChI=1S/C25H48O4S.C9H11N5O/c1-3-4-5-6-7-8-9-10-11-12-13-14-15-16-18-27-19-17-25(26)28-21-23-20-24(30)22(2)29-23;1-4-13-7(10)6-5(9(15)11-2)3-12-8(6)14-4/h22-24,30H,3-21H2,1-2H3;3H,1-2H3,(H,11,15)(H3,10,12,13,14)/t22?,23-,24+;/m0./s1. The molecule has 0 aliphatic carbocycles. The lowest BCUT2D eigenvalue weighted by Gasteiger charge is -2.11. The van der Waals surface area contributed by atoms with Gasteiger partial charge in [0.25, 0.3) is 5.91 Å². The number of nitrogens with one attached hydrogen (secondary N) is 2. The third kappa shape index (κ3) is 15.7. The van der Waals surface area contributed by atoms with E-state index < -0.39 is 0 Å². The number of nitrogens with two attached hydrogens (primary N) is 1. The number of nitrogens with zero attached hydrogens (tertiary/aromatic N) is 2. The summed E-state index contributed by atoms with van der Waals surface area (Å²) >= 11 is 4.45. The van der Waals surface area contributed by atoms with E-state index in [0.717, 1.165) is 19.4 Å². The van der Waals surface area contributed by atoms with Gasteiger partial charge in [0.2, 0.25) is 0 Å². The van der Waals surface area contributed by atoms with Gasteiger partial charge in [-0.25, -0.2) is 9.97 Å². The second-order valence-electron chi connectivity index (χ2n) is 12.1. The average molecular weight is 650 g/mol. The van der Waals surface area contributed by atoms with E-state index in [9.17, 15) is 9.59 Å². The number of thiol groups is 1. The number of fused-ring (bicyclic) bond motifs is 1. The zero-order chi connectivity index (χ0) is 32.9. The van der Waals surface area contributed by atoms with Gasteiger partial charge in [0.1, 0.15) is 23.9 Å². The molecule has 2 aromatic rings. The average Bonchev–Trinajstić information content (AvgIpc) is 3.59. The number of ether oxygens (including phenoxy) is 3. The molecule has 1 amide bonds. The van der Waals surface area contributed by atoms with Crippen LogP contribution >= 0.6 is 12.6 Å². The maximum absolute atomic E-state index is 11.7. The summed E-state index contributed by atoms with van der Waals surface area (Å²) in [7, 11) is 1.56. The second kappa shape index (κ2) is 23.0. The molecule has 0 bridgehead atoms. The van der Waals surface area contributed by atoms with Gasteiger partial charge in [-0.05, 0) is 26.7 Å². The van der Waals surface area contributed by atoms with Gasteiger partial charge in [0.15, 0.2) is 0 Å². The van der Waals surface area contributed by atoms with Crippen molar-refractivity contribution in [1.82, 2.24) is 20.3 Å². The molecule has 1 fully saturated rings. The predicted molar refractivity (Wildman–Crippen MR) is 185 cm³/mol. The molecule has 3 rings (SSSR count). The molecule has 0 radical (unpaired) electrons. The van der Waals surface area contributed by atoms with Crippen LogP contribution < -0.4 is 11.1 Å². The second-order valence-corrected chi connectivity index (χ2v) is 12.7. The molecule has 11 heteroatoms. The lowest BCUT2D eigenvalue weighted by Crippen LogP contribution is -2.19. The van der Waals surface area contributed by atoms with Crippen molar-refractivity contribution in [2.45, 2.75) is 141 Å². The number of esters is 1. The zero-order valence-corrected chi connectivity index (χ0v) is 29.1. The Labute approximate surface area is 276 Å². The molecule has 1 unspecified atom stereocenters. The number of aromatic amines is 1. The number of amides is 1. The summed E-state index contributed by atoms with van der Waals surface area (Å²) < 4.78 is 16.5. The minimum Gasteiger partial charge on any atom is -0.463 e. The quantitative estimate of drug-likeness (QED) is 0.0637. The number of nitrogen functional groups attached to an aromatic ring is 1. The van der Waals surface area contributed by atoms with Gasteiger partial charge in [-0.15, -0.1) is 0 Å². The van der Waals surface area contributed by atoms with E-state index in [1.54, 1.807) is 20.2 Å². The molecule has 2 aromatic heterocycles. The van der Waals surface area contributed by atoms with Crippen molar-refractivity contribution < 1.29 is 23.8 Å². The molecule has 1 aliphatic heterocycles. The van der Waals surface area contributed by atoms with Gasteiger partial charge in [0.05, 0.1) is 36.2 Å². The van der Waals surface area contributed by atoms with Crippen molar-refractivity contribution in [3.05, 3.63) is 17.6 Å². The minimum absolute atomic E-state index is 0.0112. The highest BCUT2D eigenvalue weighted by atomic mass is 32.1. The molecule has 4 N–H and O–H groups in total. The number of unbranched alkanes of at least 4 members (excludes halogenated alkanes) is 13. The summed E-state index contributed by atoms with van der Waals surface area (Å²) in [5, 5.41) is 3.34. The zero-order valence-electron chi connectivity index (χ0n) is 28.2. The Morgan fingerprint density at radius 3 is 2.16 bits per heavy atom. The number of hydrogen-bond donors (Lipinski definition) is 4.